The number of imidazole rings is 1. The summed E-state index contributed by atoms with van der Waals surface area (Å²) in [5, 5.41) is 12.6. The first-order valence-corrected chi connectivity index (χ1v) is 8.08. The van der Waals surface area contributed by atoms with Gasteiger partial charge in [0.2, 0.25) is 0 Å². The summed E-state index contributed by atoms with van der Waals surface area (Å²) in [5.41, 5.74) is -0.205. The van der Waals surface area contributed by atoms with E-state index in [1.165, 1.54) is 0 Å². The first kappa shape index (κ1) is 16.1. The van der Waals surface area contributed by atoms with Gasteiger partial charge in [0.25, 0.3) is 0 Å². The van der Waals surface area contributed by atoms with Gasteiger partial charge in [0.05, 0.1) is 0 Å². The maximum absolute atomic E-state index is 11.7. The molecule has 23 heavy (non-hydrogen) atoms. The van der Waals surface area contributed by atoms with Gasteiger partial charge in [-0.15, -0.1) is 0 Å². The number of aromatic nitrogens is 2. The Labute approximate surface area is 145 Å². The molecule has 0 bridgehead atoms. The van der Waals surface area contributed by atoms with Crippen LogP contribution in [-0.4, -0.2) is 14.7 Å². The zero-order valence-electron chi connectivity index (χ0n) is 12.6. The number of aryl methyl sites for hydroxylation is 1. The molecule has 3 rings (SSSR count). The molecule has 0 radical (unpaired) electrons. The highest BCUT2D eigenvalue weighted by molar-refractivity contribution is 6.35. The Hall–Kier alpha value is -1.81. The van der Waals surface area contributed by atoms with Gasteiger partial charge >= 0.3 is 0 Å². The second kappa shape index (κ2) is 6.36. The predicted octanol–water partition coefficient (Wildman–Crippen LogP) is 4.49. The molecule has 1 unspecified atom stereocenters. The molecule has 0 amide bonds. The van der Waals surface area contributed by atoms with Crippen molar-refractivity contribution < 1.29 is 5.11 Å². The fourth-order valence-corrected chi connectivity index (χ4v) is 3.30. The summed E-state index contributed by atoms with van der Waals surface area (Å²) in [6.45, 7) is 2.69. The van der Waals surface area contributed by atoms with Crippen molar-refractivity contribution in [1.82, 2.24) is 9.55 Å². The fourth-order valence-electron chi connectivity index (χ4n) is 2.75. The number of hydrogen-bond acceptors (Lipinski definition) is 2. The topological polar surface area (TPSA) is 38.0 Å². The highest BCUT2D eigenvalue weighted by Gasteiger charge is 2.39. The summed E-state index contributed by atoms with van der Waals surface area (Å²) < 4.78 is 1.90. The smallest absolute Gasteiger partial charge is 0.174 e. The maximum atomic E-state index is 11.7. The van der Waals surface area contributed by atoms with Crippen LogP contribution in [0.3, 0.4) is 0 Å². The summed E-state index contributed by atoms with van der Waals surface area (Å²) in [6, 6.07) is 14.5. The predicted molar refractivity (Wildman–Crippen MR) is 92.9 cm³/mol. The Balaban J connectivity index is 2.31. The minimum absolute atomic E-state index is 0.398. The molecule has 1 aromatic heterocycles. The van der Waals surface area contributed by atoms with Crippen LogP contribution in [0.25, 0.3) is 0 Å². The van der Waals surface area contributed by atoms with Crippen LogP contribution >= 0.6 is 23.2 Å². The lowest BCUT2D eigenvalue weighted by atomic mass is 9.85. The van der Waals surface area contributed by atoms with Crippen LogP contribution < -0.4 is 0 Å². The second-order valence-corrected chi connectivity index (χ2v) is 6.08. The highest BCUT2D eigenvalue weighted by Crippen LogP contribution is 2.40. The molecule has 5 heteroatoms. The largest absolute Gasteiger partial charge is 0.373 e. The van der Waals surface area contributed by atoms with Gasteiger partial charge in [-0.3, -0.25) is 0 Å². The summed E-state index contributed by atoms with van der Waals surface area (Å²) in [4.78, 5) is 4.40. The first-order chi connectivity index (χ1) is 11.1. The van der Waals surface area contributed by atoms with Crippen LogP contribution in [0, 0.1) is 0 Å². The van der Waals surface area contributed by atoms with Gasteiger partial charge in [0.1, 0.15) is 5.82 Å². The Bertz CT molecular complexity index is 817. The van der Waals surface area contributed by atoms with Crippen molar-refractivity contribution in [1.29, 1.82) is 0 Å². The maximum Gasteiger partial charge on any atom is 0.174 e. The molecule has 3 nitrogen and oxygen atoms in total. The standard InChI is InChI=1S/C18H16Cl2N2O/c1-2-22-11-10-21-17(22)18(23,13-6-4-3-5-7-13)15-9-8-14(19)12-16(15)20/h3-12,23H,2H2,1H3. The third kappa shape index (κ3) is 2.76. The van der Waals surface area contributed by atoms with E-state index in [1.54, 1.807) is 24.4 Å². The van der Waals surface area contributed by atoms with E-state index in [1.807, 2.05) is 48.0 Å². The van der Waals surface area contributed by atoms with Crippen LogP contribution in [0.1, 0.15) is 23.9 Å². The molecular weight excluding hydrogens is 331 g/mol. The van der Waals surface area contributed by atoms with E-state index >= 15 is 0 Å². The molecule has 3 aromatic rings. The molecule has 2 aromatic carbocycles. The lowest BCUT2D eigenvalue weighted by molar-refractivity contribution is 0.111. The van der Waals surface area contributed by atoms with Crippen LogP contribution in [0.15, 0.2) is 60.9 Å². The van der Waals surface area contributed by atoms with E-state index in [9.17, 15) is 5.11 Å². The first-order valence-electron chi connectivity index (χ1n) is 7.32. The Kier molecular flexibility index (Phi) is 4.44. The van der Waals surface area contributed by atoms with Crippen molar-refractivity contribution >= 4 is 23.2 Å². The molecule has 1 N–H and O–H groups in total. The van der Waals surface area contributed by atoms with Gasteiger partial charge in [-0.25, -0.2) is 4.98 Å². The van der Waals surface area contributed by atoms with E-state index in [2.05, 4.69) is 4.98 Å². The zero-order chi connectivity index (χ0) is 16.4. The van der Waals surface area contributed by atoms with Crippen LogP contribution in [-0.2, 0) is 12.1 Å². The monoisotopic (exact) mass is 346 g/mol. The average Bonchev–Trinajstić information content (AvgIpc) is 3.04. The van der Waals surface area contributed by atoms with E-state index in [0.29, 0.717) is 33.5 Å². The molecule has 0 fully saturated rings. The third-order valence-corrected chi connectivity index (χ3v) is 4.44. The lowest BCUT2D eigenvalue weighted by Crippen LogP contribution is -2.33. The van der Waals surface area contributed by atoms with E-state index < -0.39 is 5.60 Å². The van der Waals surface area contributed by atoms with E-state index in [4.69, 9.17) is 23.2 Å². The molecule has 0 spiro atoms. The van der Waals surface area contributed by atoms with Gasteiger partial charge in [0, 0.05) is 34.5 Å². The summed E-state index contributed by atoms with van der Waals surface area (Å²) in [6.07, 6.45) is 3.52. The fraction of sp³-hybridized carbons (Fsp3) is 0.167. The van der Waals surface area contributed by atoms with Gasteiger partial charge in [-0.05, 0) is 24.6 Å². The minimum atomic E-state index is -1.46. The summed E-state index contributed by atoms with van der Waals surface area (Å²) in [5.74, 6) is 0.524. The minimum Gasteiger partial charge on any atom is -0.373 e. The molecule has 0 aliphatic rings. The normalized spacial score (nSPS) is 13.7. The second-order valence-electron chi connectivity index (χ2n) is 5.24. The number of halogens is 2. The lowest BCUT2D eigenvalue weighted by Gasteiger charge is -2.30. The third-order valence-electron chi connectivity index (χ3n) is 3.89. The van der Waals surface area contributed by atoms with Crippen molar-refractivity contribution in [2.24, 2.45) is 0 Å². The van der Waals surface area contributed by atoms with Gasteiger partial charge in [0.15, 0.2) is 5.60 Å². The average molecular weight is 347 g/mol. The van der Waals surface area contributed by atoms with Crippen molar-refractivity contribution in [3.05, 3.63) is 87.9 Å². The summed E-state index contributed by atoms with van der Waals surface area (Å²) in [7, 11) is 0. The molecule has 0 aliphatic heterocycles. The van der Waals surface area contributed by atoms with Crippen LogP contribution in [0.5, 0.6) is 0 Å². The Morgan fingerprint density at radius 2 is 1.87 bits per heavy atom. The summed E-state index contributed by atoms with van der Waals surface area (Å²) >= 11 is 12.4. The molecule has 118 valence electrons. The molecular formula is C18H16Cl2N2O. The molecule has 1 heterocycles. The molecule has 0 saturated heterocycles. The molecule has 0 aliphatic carbocycles. The van der Waals surface area contributed by atoms with Crippen molar-refractivity contribution in [3.63, 3.8) is 0 Å². The van der Waals surface area contributed by atoms with Gasteiger partial charge in [-0.1, -0.05) is 59.6 Å². The Morgan fingerprint density at radius 1 is 1.13 bits per heavy atom. The number of hydrogen-bond donors (Lipinski definition) is 1. The molecule has 0 saturated carbocycles. The van der Waals surface area contributed by atoms with Crippen LogP contribution in [0.2, 0.25) is 10.0 Å². The van der Waals surface area contributed by atoms with Crippen LogP contribution in [0.4, 0.5) is 0 Å². The molecule has 1 atom stereocenters. The Morgan fingerprint density at radius 3 is 2.52 bits per heavy atom. The van der Waals surface area contributed by atoms with Crippen molar-refractivity contribution in [3.8, 4) is 0 Å². The number of benzene rings is 2. The highest BCUT2D eigenvalue weighted by atomic mass is 35.5. The number of aliphatic hydroxyl groups is 1. The van der Waals surface area contributed by atoms with Gasteiger partial charge in [-0.2, -0.15) is 0 Å². The van der Waals surface area contributed by atoms with E-state index in [0.717, 1.165) is 0 Å². The number of nitrogens with zero attached hydrogens (tertiary/aromatic N) is 2. The number of rotatable bonds is 4. The van der Waals surface area contributed by atoms with E-state index in [-0.39, 0.29) is 0 Å². The van der Waals surface area contributed by atoms with Gasteiger partial charge < -0.3 is 9.67 Å². The SMILES string of the molecule is CCn1ccnc1C(O)(c1ccccc1)c1ccc(Cl)cc1Cl. The zero-order valence-corrected chi connectivity index (χ0v) is 14.1. The van der Waals surface area contributed by atoms with Crippen molar-refractivity contribution in [2.45, 2.75) is 19.1 Å². The quantitative estimate of drug-likeness (QED) is 0.755. The van der Waals surface area contributed by atoms with Crippen molar-refractivity contribution in [2.75, 3.05) is 0 Å².